The first kappa shape index (κ1) is 11.8. The van der Waals surface area contributed by atoms with E-state index >= 15 is 0 Å². The molecule has 1 amide bonds. The molecule has 0 saturated carbocycles. The van der Waals surface area contributed by atoms with Gasteiger partial charge < -0.3 is 15.5 Å². The van der Waals surface area contributed by atoms with E-state index in [4.69, 9.17) is 0 Å². The molecule has 2 aliphatic rings. The second-order valence-corrected chi connectivity index (χ2v) is 5.75. The second-order valence-electron chi connectivity index (χ2n) is 4.86. The summed E-state index contributed by atoms with van der Waals surface area (Å²) in [5.74, 6) is 0.900. The molecule has 2 aromatic heterocycles. The standard InChI is InChI=1S/C13H13N5OS/c19-13-10-5-14-1-2-18(10)12-9(17-13)3-8(4-16-12)11-6-15-7-20-11/h3-4,6-7,10,14H,1-2,5H2,(H,17,19). The van der Waals surface area contributed by atoms with Gasteiger partial charge in [-0.2, -0.15) is 0 Å². The van der Waals surface area contributed by atoms with Crippen LogP contribution in [0.25, 0.3) is 10.4 Å². The van der Waals surface area contributed by atoms with Gasteiger partial charge in [0.15, 0.2) is 5.82 Å². The van der Waals surface area contributed by atoms with Crippen LogP contribution in [0.2, 0.25) is 0 Å². The Balaban J connectivity index is 1.77. The van der Waals surface area contributed by atoms with Gasteiger partial charge in [0, 0.05) is 37.6 Å². The van der Waals surface area contributed by atoms with Crippen molar-refractivity contribution in [3.05, 3.63) is 24.0 Å². The number of hydrogen-bond donors (Lipinski definition) is 2. The van der Waals surface area contributed by atoms with Crippen molar-refractivity contribution in [2.75, 3.05) is 29.9 Å². The van der Waals surface area contributed by atoms with E-state index in [-0.39, 0.29) is 11.9 Å². The van der Waals surface area contributed by atoms with E-state index in [2.05, 4.69) is 25.5 Å². The van der Waals surface area contributed by atoms with E-state index in [1.165, 1.54) is 0 Å². The van der Waals surface area contributed by atoms with Gasteiger partial charge in [-0.05, 0) is 6.07 Å². The molecule has 0 radical (unpaired) electrons. The molecule has 102 valence electrons. The Kier molecular flexibility index (Phi) is 2.68. The molecule has 1 fully saturated rings. The summed E-state index contributed by atoms with van der Waals surface area (Å²) in [6, 6.07) is 1.82. The van der Waals surface area contributed by atoms with Crippen LogP contribution >= 0.6 is 11.3 Å². The molecular formula is C13H13N5OS. The Morgan fingerprint density at radius 1 is 1.40 bits per heavy atom. The lowest BCUT2D eigenvalue weighted by atomic mass is 10.1. The number of fused-ring (bicyclic) bond motifs is 3. The first-order chi connectivity index (χ1) is 9.83. The van der Waals surface area contributed by atoms with E-state index in [1.807, 2.05) is 18.5 Å². The molecule has 4 rings (SSSR count). The minimum absolute atomic E-state index is 0.0351. The maximum Gasteiger partial charge on any atom is 0.248 e. The van der Waals surface area contributed by atoms with E-state index in [0.29, 0.717) is 6.54 Å². The van der Waals surface area contributed by atoms with Gasteiger partial charge in [-0.15, -0.1) is 11.3 Å². The highest BCUT2D eigenvalue weighted by Gasteiger charge is 2.35. The van der Waals surface area contributed by atoms with Crippen molar-refractivity contribution in [1.29, 1.82) is 0 Å². The zero-order valence-electron chi connectivity index (χ0n) is 10.7. The number of nitrogens with zero attached hydrogens (tertiary/aromatic N) is 3. The number of thiazole rings is 1. The number of carbonyl (C=O) groups is 1. The summed E-state index contributed by atoms with van der Waals surface area (Å²) in [7, 11) is 0. The van der Waals surface area contributed by atoms with Gasteiger partial charge in [-0.25, -0.2) is 4.98 Å². The summed E-state index contributed by atoms with van der Waals surface area (Å²) >= 11 is 1.56. The number of anilines is 2. The van der Waals surface area contributed by atoms with Gasteiger partial charge in [-0.1, -0.05) is 0 Å². The van der Waals surface area contributed by atoms with Crippen molar-refractivity contribution in [2.45, 2.75) is 6.04 Å². The third kappa shape index (κ3) is 1.78. The van der Waals surface area contributed by atoms with Gasteiger partial charge in [0.2, 0.25) is 5.91 Å². The quantitative estimate of drug-likeness (QED) is 0.817. The highest BCUT2D eigenvalue weighted by atomic mass is 32.1. The van der Waals surface area contributed by atoms with Gasteiger partial charge in [0.1, 0.15) is 6.04 Å². The summed E-state index contributed by atoms with van der Waals surface area (Å²) in [6.07, 6.45) is 3.66. The zero-order valence-corrected chi connectivity index (χ0v) is 11.5. The monoisotopic (exact) mass is 287 g/mol. The normalized spacial score (nSPS) is 21.1. The Bertz CT molecular complexity index is 657. The number of rotatable bonds is 1. The van der Waals surface area contributed by atoms with Crippen molar-refractivity contribution in [1.82, 2.24) is 15.3 Å². The van der Waals surface area contributed by atoms with Crippen molar-refractivity contribution in [3.8, 4) is 10.4 Å². The molecule has 4 heterocycles. The molecule has 2 aliphatic heterocycles. The van der Waals surface area contributed by atoms with Crippen LogP contribution < -0.4 is 15.5 Å². The van der Waals surface area contributed by atoms with Crippen molar-refractivity contribution < 1.29 is 4.79 Å². The van der Waals surface area contributed by atoms with Gasteiger partial charge >= 0.3 is 0 Å². The average molecular weight is 287 g/mol. The lowest BCUT2D eigenvalue weighted by Gasteiger charge is -2.40. The topological polar surface area (TPSA) is 70.2 Å². The van der Waals surface area contributed by atoms with Crippen LogP contribution in [0, 0.1) is 0 Å². The maximum absolute atomic E-state index is 12.2. The van der Waals surface area contributed by atoms with E-state index in [0.717, 1.165) is 35.0 Å². The average Bonchev–Trinajstić information content (AvgIpc) is 3.01. The third-order valence-corrected chi connectivity index (χ3v) is 4.48. The highest BCUT2D eigenvalue weighted by Crippen LogP contribution is 2.34. The minimum atomic E-state index is -0.155. The predicted molar refractivity (Wildman–Crippen MR) is 78.0 cm³/mol. The summed E-state index contributed by atoms with van der Waals surface area (Å²) in [5, 5.41) is 6.20. The Morgan fingerprint density at radius 2 is 2.35 bits per heavy atom. The molecule has 7 heteroatoms. The zero-order chi connectivity index (χ0) is 13.5. The molecule has 2 N–H and O–H groups in total. The predicted octanol–water partition coefficient (Wildman–Crippen LogP) is 0.935. The number of hydrogen-bond acceptors (Lipinski definition) is 6. The number of aromatic nitrogens is 2. The molecule has 0 spiro atoms. The lowest BCUT2D eigenvalue weighted by molar-refractivity contribution is -0.117. The Hall–Kier alpha value is -1.99. The van der Waals surface area contributed by atoms with Crippen molar-refractivity contribution in [3.63, 3.8) is 0 Å². The largest absolute Gasteiger partial charge is 0.340 e. The molecule has 0 aliphatic carbocycles. The lowest BCUT2D eigenvalue weighted by Crippen LogP contribution is -2.59. The third-order valence-electron chi connectivity index (χ3n) is 3.66. The SMILES string of the molecule is O=C1Nc2cc(-c3cncs3)cnc2N2CCNCC12. The Morgan fingerprint density at radius 3 is 3.20 bits per heavy atom. The molecule has 20 heavy (non-hydrogen) atoms. The molecule has 6 nitrogen and oxygen atoms in total. The minimum Gasteiger partial charge on any atom is -0.340 e. The maximum atomic E-state index is 12.2. The van der Waals surface area contributed by atoms with E-state index in [9.17, 15) is 4.79 Å². The first-order valence-corrected chi connectivity index (χ1v) is 7.38. The van der Waals surface area contributed by atoms with Crippen LogP contribution in [0.4, 0.5) is 11.5 Å². The number of nitrogens with one attached hydrogen (secondary N) is 2. The molecule has 1 saturated heterocycles. The van der Waals surface area contributed by atoms with Crippen molar-refractivity contribution in [2.24, 2.45) is 0 Å². The molecular weight excluding hydrogens is 274 g/mol. The van der Waals surface area contributed by atoms with E-state index < -0.39 is 0 Å². The van der Waals surface area contributed by atoms with Crippen LogP contribution in [0.15, 0.2) is 24.0 Å². The first-order valence-electron chi connectivity index (χ1n) is 6.50. The fourth-order valence-corrected chi connectivity index (χ4v) is 3.28. The summed E-state index contributed by atoms with van der Waals surface area (Å²) in [5.41, 5.74) is 3.57. The highest BCUT2D eigenvalue weighted by molar-refractivity contribution is 7.13. The van der Waals surface area contributed by atoms with Crippen LogP contribution in [-0.2, 0) is 4.79 Å². The summed E-state index contributed by atoms with van der Waals surface area (Å²) in [6.45, 7) is 2.35. The van der Waals surface area contributed by atoms with Gasteiger partial charge in [-0.3, -0.25) is 9.78 Å². The Labute approximate surface area is 119 Å². The molecule has 1 unspecified atom stereocenters. The van der Waals surface area contributed by atoms with Crippen LogP contribution in [0.3, 0.4) is 0 Å². The van der Waals surface area contributed by atoms with E-state index in [1.54, 1.807) is 16.8 Å². The molecule has 0 aromatic carbocycles. The van der Waals surface area contributed by atoms with Gasteiger partial charge in [0.05, 0.1) is 16.1 Å². The second kappa shape index (κ2) is 4.53. The molecule has 0 bridgehead atoms. The number of pyridine rings is 1. The molecule has 2 aromatic rings. The summed E-state index contributed by atoms with van der Waals surface area (Å²) < 4.78 is 0. The summed E-state index contributed by atoms with van der Waals surface area (Å²) in [4.78, 5) is 23.9. The number of piperazine rings is 1. The van der Waals surface area contributed by atoms with Crippen LogP contribution in [0.1, 0.15) is 0 Å². The number of carbonyl (C=O) groups excluding carboxylic acids is 1. The van der Waals surface area contributed by atoms with Crippen molar-refractivity contribution >= 4 is 28.7 Å². The fraction of sp³-hybridized carbons (Fsp3) is 0.308. The number of amides is 1. The molecule has 1 atom stereocenters. The van der Waals surface area contributed by atoms with Gasteiger partial charge in [0.25, 0.3) is 0 Å². The van der Waals surface area contributed by atoms with Crippen LogP contribution in [-0.4, -0.2) is 41.6 Å². The smallest absolute Gasteiger partial charge is 0.248 e. The van der Waals surface area contributed by atoms with Crippen LogP contribution in [0.5, 0.6) is 0 Å². The fourth-order valence-electron chi connectivity index (χ4n) is 2.68.